The molecule has 2 aromatic heterocycles. The molecule has 0 aliphatic rings. The van der Waals surface area contributed by atoms with Crippen LogP contribution in [0.5, 0.6) is 0 Å². The van der Waals surface area contributed by atoms with Crippen LogP contribution in [0.25, 0.3) is 25.4 Å². The van der Waals surface area contributed by atoms with Crippen LogP contribution >= 0.6 is 22.9 Å². The Morgan fingerprint density at radius 2 is 1.97 bits per heavy atom. The molecule has 2 heterocycles. The summed E-state index contributed by atoms with van der Waals surface area (Å²) in [5.41, 5.74) is 1.56. The van der Waals surface area contributed by atoms with Gasteiger partial charge in [-0.1, -0.05) is 30.3 Å². The standard InChI is InChI=1S/C22H18N4OS2/c1-23-16-7-4-6-15(14-16)18-10-11-20(28-18)22(27)25-13-5-12-24-21-17-8-2-3-9-19(17)29-26-21/h2-4,6-11,14H,5,12-13H2,(H,24,26)(H,25,27). The zero-order valence-corrected chi connectivity index (χ0v) is 17.1. The van der Waals surface area contributed by atoms with Gasteiger partial charge >= 0.3 is 0 Å². The van der Waals surface area contributed by atoms with Gasteiger partial charge in [-0.25, -0.2) is 4.85 Å². The molecular formula is C22H18N4OS2. The van der Waals surface area contributed by atoms with Crippen molar-refractivity contribution in [3.05, 3.63) is 77.0 Å². The second-order valence-corrected chi connectivity index (χ2v) is 8.28. The average Bonchev–Trinajstić information content (AvgIpc) is 3.41. The predicted octanol–water partition coefficient (Wildman–Crippen LogP) is 5.81. The number of amides is 1. The number of nitrogens with zero attached hydrogens (tertiary/aromatic N) is 2. The summed E-state index contributed by atoms with van der Waals surface area (Å²) in [4.78, 5) is 17.5. The third-order valence-corrected chi connectivity index (χ3v) is 6.36. The Kier molecular flexibility index (Phi) is 5.84. The Morgan fingerprint density at radius 1 is 1.07 bits per heavy atom. The summed E-state index contributed by atoms with van der Waals surface area (Å²) in [6.07, 6.45) is 0.808. The molecule has 2 aromatic carbocycles. The van der Waals surface area contributed by atoms with Crippen LogP contribution in [-0.4, -0.2) is 23.4 Å². The summed E-state index contributed by atoms with van der Waals surface area (Å²) >= 11 is 2.92. The maximum atomic E-state index is 12.4. The number of rotatable bonds is 7. The maximum absolute atomic E-state index is 12.4. The van der Waals surface area contributed by atoms with Gasteiger partial charge < -0.3 is 10.6 Å². The molecule has 0 unspecified atom stereocenters. The van der Waals surface area contributed by atoms with Crippen LogP contribution in [0, 0.1) is 6.57 Å². The molecule has 2 N–H and O–H groups in total. The van der Waals surface area contributed by atoms with E-state index < -0.39 is 0 Å². The first-order chi connectivity index (χ1) is 14.2. The van der Waals surface area contributed by atoms with Gasteiger partial charge in [-0.3, -0.25) is 4.79 Å². The second kappa shape index (κ2) is 8.86. The summed E-state index contributed by atoms with van der Waals surface area (Å²) in [7, 11) is 0. The summed E-state index contributed by atoms with van der Waals surface area (Å²) in [5, 5.41) is 7.45. The fourth-order valence-electron chi connectivity index (χ4n) is 2.94. The first-order valence-corrected chi connectivity index (χ1v) is 10.8. The topological polar surface area (TPSA) is 58.4 Å². The third kappa shape index (κ3) is 4.45. The number of thiophene rings is 1. The molecule has 5 nitrogen and oxygen atoms in total. The van der Waals surface area contributed by atoms with Crippen molar-refractivity contribution in [3.63, 3.8) is 0 Å². The molecule has 0 fully saturated rings. The lowest BCUT2D eigenvalue weighted by atomic mass is 10.2. The van der Waals surface area contributed by atoms with E-state index in [0.29, 0.717) is 17.1 Å². The van der Waals surface area contributed by atoms with Crippen molar-refractivity contribution in [2.24, 2.45) is 0 Å². The number of anilines is 1. The molecule has 0 bridgehead atoms. The van der Waals surface area contributed by atoms with Crippen LogP contribution in [0.4, 0.5) is 11.5 Å². The molecule has 144 valence electrons. The van der Waals surface area contributed by atoms with Gasteiger partial charge in [0, 0.05) is 23.4 Å². The lowest BCUT2D eigenvalue weighted by Gasteiger charge is -2.05. The van der Waals surface area contributed by atoms with E-state index in [4.69, 9.17) is 6.57 Å². The van der Waals surface area contributed by atoms with Crippen molar-refractivity contribution in [2.45, 2.75) is 6.42 Å². The van der Waals surface area contributed by atoms with E-state index in [0.717, 1.165) is 34.6 Å². The Labute approximate surface area is 177 Å². The first kappa shape index (κ1) is 19.1. The fraction of sp³-hybridized carbons (Fsp3) is 0.136. The zero-order valence-electron chi connectivity index (χ0n) is 15.5. The minimum atomic E-state index is -0.0679. The molecule has 0 aliphatic carbocycles. The van der Waals surface area contributed by atoms with Crippen molar-refractivity contribution in [1.82, 2.24) is 9.69 Å². The highest BCUT2D eigenvalue weighted by Gasteiger charge is 2.10. The van der Waals surface area contributed by atoms with Gasteiger partial charge in [-0.15, -0.1) is 11.3 Å². The second-order valence-electron chi connectivity index (χ2n) is 6.39. The van der Waals surface area contributed by atoms with Gasteiger partial charge in [0.2, 0.25) is 0 Å². The van der Waals surface area contributed by atoms with Gasteiger partial charge in [0.25, 0.3) is 5.91 Å². The van der Waals surface area contributed by atoms with Crippen molar-refractivity contribution < 1.29 is 4.79 Å². The highest BCUT2D eigenvalue weighted by Crippen LogP contribution is 2.30. The minimum absolute atomic E-state index is 0.0679. The average molecular weight is 419 g/mol. The summed E-state index contributed by atoms with van der Waals surface area (Å²) in [6.45, 7) is 8.46. The number of hydrogen-bond donors (Lipinski definition) is 2. The Morgan fingerprint density at radius 3 is 2.86 bits per heavy atom. The molecule has 0 radical (unpaired) electrons. The Balaban J connectivity index is 1.27. The van der Waals surface area contributed by atoms with E-state index in [-0.39, 0.29) is 5.91 Å². The van der Waals surface area contributed by atoms with Gasteiger partial charge in [0.15, 0.2) is 5.69 Å². The van der Waals surface area contributed by atoms with E-state index >= 15 is 0 Å². The summed E-state index contributed by atoms with van der Waals surface area (Å²) in [5.74, 6) is 0.836. The highest BCUT2D eigenvalue weighted by atomic mass is 32.1. The van der Waals surface area contributed by atoms with Gasteiger partial charge in [-0.2, -0.15) is 4.37 Å². The van der Waals surface area contributed by atoms with Crippen LogP contribution < -0.4 is 10.6 Å². The normalized spacial score (nSPS) is 10.6. The molecule has 4 aromatic rings. The molecule has 7 heteroatoms. The van der Waals surface area contributed by atoms with Crippen LogP contribution in [0.1, 0.15) is 16.1 Å². The Bertz CT molecular complexity index is 1190. The maximum Gasteiger partial charge on any atom is 0.261 e. The van der Waals surface area contributed by atoms with Crippen LogP contribution in [-0.2, 0) is 0 Å². The molecule has 1 amide bonds. The van der Waals surface area contributed by atoms with Gasteiger partial charge in [-0.05, 0) is 53.8 Å². The lowest BCUT2D eigenvalue weighted by Crippen LogP contribution is -2.25. The number of benzene rings is 2. The number of fused-ring (bicyclic) bond motifs is 1. The third-order valence-electron chi connectivity index (χ3n) is 4.40. The van der Waals surface area contributed by atoms with Crippen molar-refractivity contribution >= 4 is 50.4 Å². The summed E-state index contributed by atoms with van der Waals surface area (Å²) in [6, 6.07) is 19.3. The van der Waals surface area contributed by atoms with Crippen LogP contribution in [0.3, 0.4) is 0 Å². The smallest absolute Gasteiger partial charge is 0.261 e. The van der Waals surface area contributed by atoms with Crippen LogP contribution in [0.15, 0.2) is 60.7 Å². The van der Waals surface area contributed by atoms with E-state index in [2.05, 4.69) is 32.0 Å². The largest absolute Gasteiger partial charge is 0.369 e. The minimum Gasteiger partial charge on any atom is -0.369 e. The number of carbonyl (C=O) groups is 1. The quantitative estimate of drug-likeness (QED) is 0.294. The molecular weight excluding hydrogens is 400 g/mol. The zero-order chi connectivity index (χ0) is 20.1. The van der Waals surface area contributed by atoms with E-state index in [9.17, 15) is 4.79 Å². The van der Waals surface area contributed by atoms with Crippen molar-refractivity contribution in [3.8, 4) is 10.4 Å². The predicted molar refractivity (Wildman–Crippen MR) is 121 cm³/mol. The number of hydrogen-bond acceptors (Lipinski definition) is 5. The number of aromatic nitrogens is 1. The molecule has 4 rings (SSSR count). The van der Waals surface area contributed by atoms with Crippen molar-refractivity contribution in [2.75, 3.05) is 18.4 Å². The van der Waals surface area contributed by atoms with Gasteiger partial charge in [0.05, 0.1) is 16.1 Å². The monoisotopic (exact) mass is 418 g/mol. The molecule has 29 heavy (non-hydrogen) atoms. The van der Waals surface area contributed by atoms with Gasteiger partial charge in [0.1, 0.15) is 5.82 Å². The summed E-state index contributed by atoms with van der Waals surface area (Å²) < 4.78 is 5.61. The number of carbonyl (C=O) groups excluding carboxylic acids is 1. The van der Waals surface area contributed by atoms with E-state index in [1.807, 2.05) is 42.5 Å². The Hall–Kier alpha value is -3.21. The molecule has 0 atom stereocenters. The number of nitrogens with one attached hydrogen (secondary N) is 2. The molecule has 0 saturated heterocycles. The molecule has 0 aliphatic heterocycles. The molecule has 0 saturated carbocycles. The van der Waals surface area contributed by atoms with Crippen molar-refractivity contribution in [1.29, 1.82) is 0 Å². The lowest BCUT2D eigenvalue weighted by molar-refractivity contribution is 0.0957. The van der Waals surface area contributed by atoms with E-state index in [1.165, 1.54) is 27.6 Å². The molecule has 0 spiro atoms. The van der Waals surface area contributed by atoms with Crippen LogP contribution in [0.2, 0.25) is 0 Å². The van der Waals surface area contributed by atoms with E-state index in [1.54, 1.807) is 6.07 Å². The first-order valence-electron chi connectivity index (χ1n) is 9.19. The fourth-order valence-corrected chi connectivity index (χ4v) is 4.62. The SMILES string of the molecule is [C-]#[N+]c1cccc(-c2ccc(C(=O)NCCCNc3nsc4ccccc34)s2)c1. The highest BCUT2D eigenvalue weighted by molar-refractivity contribution is 7.17.